The molecular formula is C22H17ClFN3O2. The molecule has 0 radical (unpaired) electrons. The van der Waals surface area contributed by atoms with Gasteiger partial charge in [-0.25, -0.2) is 4.39 Å². The molecule has 1 unspecified atom stereocenters. The van der Waals surface area contributed by atoms with Gasteiger partial charge < -0.3 is 14.5 Å². The molecule has 0 aliphatic heterocycles. The Balaban J connectivity index is 1.77. The molecule has 0 aliphatic rings. The average Bonchev–Trinajstić information content (AvgIpc) is 3.23. The van der Waals surface area contributed by atoms with E-state index >= 15 is 0 Å². The maximum Gasteiger partial charge on any atom is 0.247 e. The number of benzene rings is 3. The fraction of sp³-hybridized carbons (Fsp3) is 0.0909. The lowest BCUT2D eigenvalue weighted by molar-refractivity contribution is 0.415. The van der Waals surface area contributed by atoms with Crippen LogP contribution in [0, 0.1) is 5.82 Å². The minimum absolute atomic E-state index is 0.219. The van der Waals surface area contributed by atoms with Crippen LogP contribution in [0.15, 0.2) is 77.2 Å². The zero-order valence-electron chi connectivity index (χ0n) is 15.5. The van der Waals surface area contributed by atoms with Gasteiger partial charge in [0.2, 0.25) is 11.8 Å². The van der Waals surface area contributed by atoms with E-state index in [-0.39, 0.29) is 5.89 Å². The van der Waals surface area contributed by atoms with Gasteiger partial charge in [-0.1, -0.05) is 48.0 Å². The van der Waals surface area contributed by atoms with Gasteiger partial charge in [0, 0.05) is 16.1 Å². The third kappa shape index (κ3) is 4.07. The molecule has 1 heterocycles. The topological polar surface area (TPSA) is 60.2 Å². The first kappa shape index (κ1) is 19.0. The smallest absolute Gasteiger partial charge is 0.247 e. The maximum atomic E-state index is 14.6. The number of hydrogen-bond acceptors (Lipinski definition) is 5. The van der Waals surface area contributed by atoms with Crippen LogP contribution in [-0.2, 0) is 0 Å². The second kappa shape index (κ2) is 8.32. The molecular weight excluding hydrogens is 393 g/mol. The molecule has 4 aromatic rings. The summed E-state index contributed by atoms with van der Waals surface area (Å²) in [6.07, 6.45) is 0. The highest BCUT2D eigenvalue weighted by Crippen LogP contribution is 2.35. The van der Waals surface area contributed by atoms with E-state index < -0.39 is 11.9 Å². The van der Waals surface area contributed by atoms with E-state index in [4.69, 9.17) is 20.8 Å². The Bertz CT molecular complexity index is 1120. The predicted octanol–water partition coefficient (Wildman–Crippen LogP) is 5.74. The molecule has 146 valence electrons. The Morgan fingerprint density at radius 1 is 1.00 bits per heavy atom. The number of nitrogens with zero attached hydrogens (tertiary/aromatic N) is 2. The monoisotopic (exact) mass is 409 g/mol. The van der Waals surface area contributed by atoms with Crippen LogP contribution < -0.4 is 10.1 Å². The van der Waals surface area contributed by atoms with Gasteiger partial charge in [0.15, 0.2) is 0 Å². The molecule has 0 bridgehead atoms. The number of methoxy groups -OCH3 is 1. The minimum atomic E-state index is -0.742. The van der Waals surface area contributed by atoms with E-state index in [1.807, 2.05) is 30.3 Å². The molecule has 0 spiro atoms. The van der Waals surface area contributed by atoms with E-state index in [0.717, 1.165) is 5.56 Å². The molecule has 0 fully saturated rings. The number of rotatable bonds is 6. The van der Waals surface area contributed by atoms with E-state index in [2.05, 4.69) is 15.5 Å². The van der Waals surface area contributed by atoms with Gasteiger partial charge in [-0.05, 0) is 36.4 Å². The van der Waals surface area contributed by atoms with Crippen LogP contribution in [0.2, 0.25) is 5.02 Å². The third-order valence-corrected chi connectivity index (χ3v) is 4.62. The largest absolute Gasteiger partial charge is 0.495 e. The second-order valence-electron chi connectivity index (χ2n) is 6.25. The number of ether oxygens (including phenoxy) is 1. The summed E-state index contributed by atoms with van der Waals surface area (Å²) < 4.78 is 25.9. The van der Waals surface area contributed by atoms with Crippen molar-refractivity contribution in [2.75, 3.05) is 12.4 Å². The van der Waals surface area contributed by atoms with Crippen molar-refractivity contribution in [2.24, 2.45) is 0 Å². The lowest BCUT2D eigenvalue weighted by atomic mass is 10.1. The molecule has 0 saturated heterocycles. The highest BCUT2D eigenvalue weighted by atomic mass is 35.5. The van der Waals surface area contributed by atoms with Crippen molar-refractivity contribution in [3.05, 3.63) is 95.1 Å². The molecule has 1 aromatic heterocycles. The molecule has 4 rings (SSSR count). The van der Waals surface area contributed by atoms with E-state index in [1.54, 1.807) is 43.5 Å². The highest BCUT2D eigenvalue weighted by molar-refractivity contribution is 6.30. The lowest BCUT2D eigenvalue weighted by Crippen LogP contribution is -2.15. The second-order valence-corrected chi connectivity index (χ2v) is 6.69. The van der Waals surface area contributed by atoms with Gasteiger partial charge in [-0.2, -0.15) is 0 Å². The molecule has 1 N–H and O–H groups in total. The summed E-state index contributed by atoms with van der Waals surface area (Å²) >= 11 is 6.14. The normalized spacial score (nSPS) is 11.8. The van der Waals surface area contributed by atoms with Gasteiger partial charge in [0.05, 0.1) is 12.8 Å². The van der Waals surface area contributed by atoms with Crippen LogP contribution in [0.5, 0.6) is 5.75 Å². The first-order chi connectivity index (χ1) is 14.2. The van der Waals surface area contributed by atoms with Crippen molar-refractivity contribution < 1.29 is 13.5 Å². The Kier molecular flexibility index (Phi) is 5.44. The third-order valence-electron chi connectivity index (χ3n) is 4.39. The predicted molar refractivity (Wildman–Crippen MR) is 110 cm³/mol. The van der Waals surface area contributed by atoms with Gasteiger partial charge in [0.25, 0.3) is 0 Å². The van der Waals surface area contributed by atoms with E-state index in [9.17, 15) is 4.39 Å². The zero-order chi connectivity index (χ0) is 20.2. The molecule has 5 nitrogen and oxygen atoms in total. The van der Waals surface area contributed by atoms with E-state index in [0.29, 0.717) is 27.9 Å². The maximum absolute atomic E-state index is 14.6. The van der Waals surface area contributed by atoms with Crippen LogP contribution in [0.4, 0.5) is 10.1 Å². The summed E-state index contributed by atoms with van der Waals surface area (Å²) in [6, 6.07) is 20.2. The summed E-state index contributed by atoms with van der Waals surface area (Å²) in [6.45, 7) is 0. The van der Waals surface area contributed by atoms with Crippen molar-refractivity contribution in [2.45, 2.75) is 6.04 Å². The lowest BCUT2D eigenvalue weighted by Gasteiger charge is -2.19. The van der Waals surface area contributed by atoms with Crippen LogP contribution in [-0.4, -0.2) is 17.3 Å². The summed E-state index contributed by atoms with van der Waals surface area (Å²) in [7, 11) is 1.55. The van der Waals surface area contributed by atoms with Crippen molar-refractivity contribution in [3.8, 4) is 17.2 Å². The van der Waals surface area contributed by atoms with Gasteiger partial charge in [-0.15, -0.1) is 10.2 Å². The van der Waals surface area contributed by atoms with Crippen LogP contribution in [0.25, 0.3) is 11.5 Å². The minimum Gasteiger partial charge on any atom is -0.495 e. The van der Waals surface area contributed by atoms with Crippen LogP contribution >= 0.6 is 11.6 Å². The summed E-state index contributed by atoms with van der Waals surface area (Å²) in [5, 5.41) is 12.0. The van der Waals surface area contributed by atoms with Gasteiger partial charge in [-0.3, -0.25) is 0 Å². The highest BCUT2D eigenvalue weighted by Gasteiger charge is 2.25. The first-order valence-corrected chi connectivity index (χ1v) is 9.27. The number of aromatic nitrogens is 2. The fourth-order valence-electron chi connectivity index (χ4n) is 2.98. The summed E-state index contributed by atoms with van der Waals surface area (Å²) in [5.74, 6) is 0.724. The van der Waals surface area contributed by atoms with Gasteiger partial charge in [0.1, 0.15) is 17.6 Å². The van der Waals surface area contributed by atoms with Crippen LogP contribution in [0.3, 0.4) is 0 Å². The number of halogens is 2. The molecule has 0 aliphatic carbocycles. The summed E-state index contributed by atoms with van der Waals surface area (Å²) in [5.41, 5.74) is 1.71. The van der Waals surface area contributed by atoms with E-state index in [1.165, 1.54) is 6.07 Å². The number of hydrogen-bond donors (Lipinski definition) is 1. The van der Waals surface area contributed by atoms with Crippen molar-refractivity contribution in [3.63, 3.8) is 0 Å². The molecule has 29 heavy (non-hydrogen) atoms. The number of nitrogens with one attached hydrogen (secondary N) is 1. The zero-order valence-corrected chi connectivity index (χ0v) is 16.2. The quantitative estimate of drug-likeness (QED) is 0.440. The Morgan fingerprint density at radius 2 is 1.76 bits per heavy atom. The Hall–Kier alpha value is -3.38. The fourth-order valence-corrected chi connectivity index (χ4v) is 3.15. The molecule has 1 atom stereocenters. The number of anilines is 1. The molecule has 7 heteroatoms. The summed E-state index contributed by atoms with van der Waals surface area (Å²) in [4.78, 5) is 0. The standard InChI is InChI=1S/C22H17ClFN3O2/c1-28-19-12-11-15(23)13-18(19)25-20(16-9-5-6-10-17(16)24)22-27-26-21(29-22)14-7-3-2-4-8-14/h2-13,20,25H,1H3. The Morgan fingerprint density at radius 3 is 2.52 bits per heavy atom. The SMILES string of the molecule is COc1ccc(Cl)cc1NC(c1nnc(-c2ccccc2)o1)c1ccccc1F. The first-order valence-electron chi connectivity index (χ1n) is 8.89. The molecule has 0 saturated carbocycles. The van der Waals surface area contributed by atoms with Gasteiger partial charge >= 0.3 is 0 Å². The van der Waals surface area contributed by atoms with Crippen LogP contribution in [0.1, 0.15) is 17.5 Å². The van der Waals surface area contributed by atoms with Crippen molar-refractivity contribution >= 4 is 17.3 Å². The Labute approximate surface area is 172 Å². The molecule has 0 amide bonds. The molecule has 3 aromatic carbocycles. The van der Waals surface area contributed by atoms with Crippen molar-refractivity contribution in [1.29, 1.82) is 0 Å². The van der Waals surface area contributed by atoms with Crippen molar-refractivity contribution in [1.82, 2.24) is 10.2 Å². The average molecular weight is 410 g/mol.